The van der Waals surface area contributed by atoms with Gasteiger partial charge in [-0.2, -0.15) is 13.2 Å². The minimum Gasteiger partial charge on any atom is -0.386 e. The van der Waals surface area contributed by atoms with Crippen molar-refractivity contribution in [1.82, 2.24) is 10.3 Å². The molecule has 0 spiro atoms. The number of nitrogens with one attached hydrogen (secondary N) is 1. The highest BCUT2D eigenvalue weighted by molar-refractivity contribution is 7.21. The van der Waals surface area contributed by atoms with E-state index in [-0.39, 0.29) is 12.1 Å². The van der Waals surface area contributed by atoms with Crippen LogP contribution in [0.3, 0.4) is 0 Å². The number of carbonyl (C=O) groups is 1. The van der Waals surface area contributed by atoms with Gasteiger partial charge in [-0.3, -0.25) is 9.78 Å². The fourth-order valence-electron chi connectivity index (χ4n) is 2.17. The van der Waals surface area contributed by atoms with Crippen LogP contribution in [0.2, 0.25) is 0 Å². The third-order valence-electron chi connectivity index (χ3n) is 3.49. The van der Waals surface area contributed by atoms with Gasteiger partial charge in [0.25, 0.3) is 5.91 Å². The van der Waals surface area contributed by atoms with Crippen LogP contribution < -0.4 is 5.32 Å². The molecule has 3 aromatic heterocycles. The number of rotatable bonds is 5. The van der Waals surface area contributed by atoms with Gasteiger partial charge in [-0.05, 0) is 35.7 Å². The molecule has 0 aliphatic rings. The molecule has 0 fully saturated rings. The average Bonchev–Trinajstić information content (AvgIpc) is 3.29. The molecule has 4 nitrogen and oxygen atoms in total. The summed E-state index contributed by atoms with van der Waals surface area (Å²) in [6, 6.07) is 9.41. The molecule has 136 valence electrons. The fraction of sp³-hybridized carbons (Fsp3) is 0.176. The largest absolute Gasteiger partial charge is 0.433 e. The van der Waals surface area contributed by atoms with Crippen LogP contribution in [0.1, 0.15) is 27.0 Å². The Hall–Kier alpha value is -2.23. The lowest BCUT2D eigenvalue weighted by Gasteiger charge is -2.11. The van der Waals surface area contributed by atoms with Gasteiger partial charge in [-0.1, -0.05) is 6.07 Å². The number of aliphatic hydroxyl groups is 1. The van der Waals surface area contributed by atoms with Crippen molar-refractivity contribution in [2.24, 2.45) is 0 Å². The maximum Gasteiger partial charge on any atom is 0.433 e. The third-order valence-corrected chi connectivity index (χ3v) is 5.74. The summed E-state index contributed by atoms with van der Waals surface area (Å²) in [6.07, 6.45) is -4.59. The Morgan fingerprint density at radius 2 is 2.00 bits per heavy atom. The van der Waals surface area contributed by atoms with Crippen molar-refractivity contribution >= 4 is 28.6 Å². The van der Waals surface area contributed by atoms with Gasteiger partial charge in [0.2, 0.25) is 0 Å². The standard InChI is InChI=1S/C17H13F3N2O2S2/c18-17(19,20)15-6-3-10(8-21-15)16(24)22-9-11(23)12-4-5-14(26-12)13-2-1-7-25-13/h1-8,11,23H,9H2,(H,22,24). The monoisotopic (exact) mass is 398 g/mol. The molecular weight excluding hydrogens is 385 g/mol. The Morgan fingerprint density at radius 3 is 2.62 bits per heavy atom. The number of thiophene rings is 2. The van der Waals surface area contributed by atoms with Crippen LogP contribution >= 0.6 is 22.7 Å². The Kier molecular flexibility index (Phi) is 5.40. The number of alkyl halides is 3. The van der Waals surface area contributed by atoms with Crippen LogP contribution in [0.5, 0.6) is 0 Å². The number of halogens is 3. The first-order valence-corrected chi connectivity index (χ1v) is 9.17. The second-order valence-electron chi connectivity index (χ2n) is 5.34. The SMILES string of the molecule is O=C(NCC(O)c1ccc(-c2cccs2)s1)c1ccc(C(F)(F)F)nc1. The van der Waals surface area contributed by atoms with Crippen LogP contribution in [0.15, 0.2) is 48.0 Å². The maximum absolute atomic E-state index is 12.5. The van der Waals surface area contributed by atoms with Crippen molar-refractivity contribution in [3.63, 3.8) is 0 Å². The summed E-state index contributed by atoms with van der Waals surface area (Å²) in [5, 5.41) is 14.7. The topological polar surface area (TPSA) is 62.2 Å². The van der Waals surface area contributed by atoms with Gasteiger partial charge in [0, 0.05) is 27.4 Å². The molecule has 26 heavy (non-hydrogen) atoms. The lowest BCUT2D eigenvalue weighted by Crippen LogP contribution is -2.28. The Balaban J connectivity index is 1.59. The van der Waals surface area contributed by atoms with Crippen molar-refractivity contribution in [2.45, 2.75) is 12.3 Å². The van der Waals surface area contributed by atoms with Gasteiger partial charge in [0.05, 0.1) is 5.56 Å². The molecule has 9 heteroatoms. The summed E-state index contributed by atoms with van der Waals surface area (Å²) < 4.78 is 37.4. The van der Waals surface area contributed by atoms with E-state index >= 15 is 0 Å². The lowest BCUT2D eigenvalue weighted by molar-refractivity contribution is -0.141. The van der Waals surface area contributed by atoms with E-state index in [4.69, 9.17) is 0 Å². The summed E-state index contributed by atoms with van der Waals surface area (Å²) in [5.74, 6) is -0.597. The van der Waals surface area contributed by atoms with Crippen LogP contribution in [-0.2, 0) is 6.18 Å². The van der Waals surface area contributed by atoms with Crippen LogP contribution in [0.4, 0.5) is 13.2 Å². The summed E-state index contributed by atoms with van der Waals surface area (Å²) in [6.45, 7) is -0.0513. The maximum atomic E-state index is 12.5. The summed E-state index contributed by atoms with van der Waals surface area (Å²) in [5.41, 5.74) is -1.07. The number of nitrogens with zero attached hydrogens (tertiary/aromatic N) is 1. The van der Waals surface area contributed by atoms with Crippen LogP contribution in [0.25, 0.3) is 9.75 Å². The summed E-state index contributed by atoms with van der Waals surface area (Å²) in [4.78, 5) is 18.0. The summed E-state index contributed by atoms with van der Waals surface area (Å²) >= 11 is 3.01. The second kappa shape index (κ2) is 7.56. The van der Waals surface area contributed by atoms with Gasteiger partial charge >= 0.3 is 6.18 Å². The van der Waals surface area contributed by atoms with Gasteiger partial charge in [0.1, 0.15) is 11.8 Å². The molecule has 0 saturated heterocycles. The highest BCUT2D eigenvalue weighted by Crippen LogP contribution is 2.34. The minimum absolute atomic E-state index is 0.00402. The lowest BCUT2D eigenvalue weighted by atomic mass is 10.2. The molecular formula is C17H13F3N2O2S2. The van der Waals surface area contributed by atoms with Crippen LogP contribution in [-0.4, -0.2) is 22.5 Å². The average molecular weight is 398 g/mol. The molecule has 0 radical (unpaired) electrons. The van der Waals surface area contributed by atoms with Crippen molar-refractivity contribution in [1.29, 1.82) is 0 Å². The van der Waals surface area contributed by atoms with E-state index in [2.05, 4.69) is 10.3 Å². The van der Waals surface area contributed by atoms with E-state index in [0.717, 1.165) is 28.1 Å². The number of pyridine rings is 1. The summed E-state index contributed by atoms with van der Waals surface area (Å²) in [7, 11) is 0. The minimum atomic E-state index is -4.55. The number of hydrogen-bond donors (Lipinski definition) is 2. The van der Waals surface area contributed by atoms with Gasteiger partial charge in [-0.15, -0.1) is 22.7 Å². The van der Waals surface area contributed by atoms with E-state index in [1.807, 2.05) is 23.6 Å². The third kappa shape index (κ3) is 4.29. The van der Waals surface area contributed by atoms with Crippen LogP contribution in [0, 0.1) is 0 Å². The first kappa shape index (κ1) is 18.6. The van der Waals surface area contributed by atoms with Gasteiger partial charge in [0.15, 0.2) is 0 Å². The molecule has 0 aliphatic carbocycles. The number of aromatic nitrogens is 1. The molecule has 0 saturated carbocycles. The van der Waals surface area contributed by atoms with E-state index in [1.54, 1.807) is 17.4 Å². The zero-order valence-corrected chi connectivity index (χ0v) is 14.8. The Bertz CT molecular complexity index is 874. The number of aliphatic hydroxyl groups excluding tert-OH is 1. The number of hydrogen-bond acceptors (Lipinski definition) is 5. The normalized spacial score (nSPS) is 12.8. The molecule has 0 bridgehead atoms. The molecule has 3 heterocycles. The Morgan fingerprint density at radius 1 is 1.19 bits per heavy atom. The number of amides is 1. The van der Waals surface area contributed by atoms with Gasteiger partial charge in [-0.25, -0.2) is 0 Å². The Labute approximate surface area is 155 Å². The van der Waals surface area contributed by atoms with Crippen molar-refractivity contribution < 1.29 is 23.1 Å². The van der Waals surface area contributed by atoms with E-state index in [0.29, 0.717) is 4.88 Å². The first-order valence-electron chi connectivity index (χ1n) is 7.48. The van der Waals surface area contributed by atoms with Crippen molar-refractivity contribution in [3.8, 4) is 9.75 Å². The van der Waals surface area contributed by atoms with E-state index < -0.39 is 23.9 Å². The molecule has 2 N–H and O–H groups in total. The van der Waals surface area contributed by atoms with E-state index in [1.165, 1.54) is 11.3 Å². The quantitative estimate of drug-likeness (QED) is 0.672. The van der Waals surface area contributed by atoms with Crippen molar-refractivity contribution in [3.05, 3.63) is 64.1 Å². The first-order chi connectivity index (χ1) is 12.3. The zero-order chi connectivity index (χ0) is 18.7. The molecule has 0 aromatic carbocycles. The smallest absolute Gasteiger partial charge is 0.386 e. The predicted molar refractivity (Wildman–Crippen MR) is 94.2 cm³/mol. The van der Waals surface area contributed by atoms with Gasteiger partial charge < -0.3 is 10.4 Å². The van der Waals surface area contributed by atoms with Crippen molar-refractivity contribution in [2.75, 3.05) is 6.54 Å². The van der Waals surface area contributed by atoms with E-state index in [9.17, 15) is 23.1 Å². The molecule has 3 aromatic rings. The molecule has 0 aliphatic heterocycles. The highest BCUT2D eigenvalue weighted by atomic mass is 32.1. The molecule has 1 atom stereocenters. The molecule has 1 unspecified atom stereocenters. The number of carbonyl (C=O) groups excluding carboxylic acids is 1. The fourth-order valence-corrected chi connectivity index (χ4v) is 4.00. The zero-order valence-electron chi connectivity index (χ0n) is 13.2. The molecule has 3 rings (SSSR count). The molecule has 1 amide bonds. The predicted octanol–water partition coefficient (Wildman–Crippen LogP) is 4.35. The highest BCUT2D eigenvalue weighted by Gasteiger charge is 2.32. The second-order valence-corrected chi connectivity index (χ2v) is 7.40.